The minimum absolute atomic E-state index is 0.0190. The summed E-state index contributed by atoms with van der Waals surface area (Å²) in [6.07, 6.45) is 3.85. The summed E-state index contributed by atoms with van der Waals surface area (Å²) in [5.74, 6) is 0.475. The van der Waals surface area contributed by atoms with E-state index in [2.05, 4.69) is 38.2 Å². The zero-order valence-electron chi connectivity index (χ0n) is 13.4. The molecular formula is C18H28N2O. The second-order valence-corrected chi connectivity index (χ2v) is 7.34. The Balaban J connectivity index is 2.04. The number of amides is 1. The molecular weight excluding hydrogens is 260 g/mol. The van der Waals surface area contributed by atoms with Crippen LogP contribution in [-0.4, -0.2) is 11.9 Å². The SMILES string of the molecule is CC(C)(C)C(NC(=O)C[C@@H]1CCC[C@H]1N)c1ccccc1. The normalized spacial score (nSPS) is 23.8. The standard InChI is InChI=1S/C18H28N2O/c1-18(2,3)17(13-8-5-4-6-9-13)20-16(21)12-14-10-7-11-15(14)19/h4-6,8-9,14-15,17H,7,10-12,19H2,1-3H3,(H,20,21)/t14-,15+,17?/m0/s1. The Morgan fingerprint density at radius 1 is 1.29 bits per heavy atom. The Hall–Kier alpha value is -1.35. The molecule has 1 amide bonds. The maximum Gasteiger partial charge on any atom is 0.220 e. The number of rotatable bonds is 4. The number of carbonyl (C=O) groups excluding carboxylic acids is 1. The summed E-state index contributed by atoms with van der Waals surface area (Å²) < 4.78 is 0. The third-order valence-electron chi connectivity index (χ3n) is 4.47. The van der Waals surface area contributed by atoms with Gasteiger partial charge in [-0.3, -0.25) is 4.79 Å². The van der Waals surface area contributed by atoms with Crippen molar-refractivity contribution in [1.29, 1.82) is 0 Å². The second kappa shape index (κ2) is 6.61. The highest BCUT2D eigenvalue weighted by atomic mass is 16.1. The average Bonchev–Trinajstić information content (AvgIpc) is 2.81. The van der Waals surface area contributed by atoms with Crippen molar-refractivity contribution in [2.45, 2.75) is 58.5 Å². The summed E-state index contributed by atoms with van der Waals surface area (Å²) in [6.45, 7) is 6.48. The van der Waals surface area contributed by atoms with E-state index in [1.165, 1.54) is 0 Å². The van der Waals surface area contributed by atoms with Gasteiger partial charge in [-0.2, -0.15) is 0 Å². The minimum Gasteiger partial charge on any atom is -0.349 e. The topological polar surface area (TPSA) is 55.1 Å². The summed E-state index contributed by atoms with van der Waals surface area (Å²) in [5.41, 5.74) is 7.22. The summed E-state index contributed by atoms with van der Waals surface area (Å²) in [5, 5.41) is 3.23. The number of carbonyl (C=O) groups is 1. The van der Waals surface area contributed by atoms with Crippen LogP contribution in [0.3, 0.4) is 0 Å². The highest BCUT2D eigenvalue weighted by molar-refractivity contribution is 5.77. The van der Waals surface area contributed by atoms with Crippen LogP contribution >= 0.6 is 0 Å². The molecule has 1 saturated carbocycles. The van der Waals surface area contributed by atoms with Crippen LogP contribution in [0.15, 0.2) is 30.3 Å². The lowest BCUT2D eigenvalue weighted by Crippen LogP contribution is -2.38. The second-order valence-electron chi connectivity index (χ2n) is 7.34. The van der Waals surface area contributed by atoms with Crippen LogP contribution in [-0.2, 0) is 4.79 Å². The van der Waals surface area contributed by atoms with Crippen LogP contribution in [0.2, 0.25) is 0 Å². The monoisotopic (exact) mass is 288 g/mol. The predicted octanol–water partition coefficient (Wildman–Crippen LogP) is 3.41. The summed E-state index contributed by atoms with van der Waals surface area (Å²) in [6, 6.07) is 10.4. The molecule has 3 heteroatoms. The predicted molar refractivity (Wildman–Crippen MR) is 86.7 cm³/mol. The molecule has 21 heavy (non-hydrogen) atoms. The van der Waals surface area contributed by atoms with Gasteiger partial charge in [-0.15, -0.1) is 0 Å². The Morgan fingerprint density at radius 3 is 2.48 bits per heavy atom. The average molecular weight is 288 g/mol. The first-order valence-corrected chi connectivity index (χ1v) is 7.98. The van der Waals surface area contributed by atoms with Crippen LogP contribution in [0.25, 0.3) is 0 Å². The lowest BCUT2D eigenvalue weighted by Gasteiger charge is -2.32. The molecule has 0 bridgehead atoms. The number of hydrogen-bond donors (Lipinski definition) is 2. The third kappa shape index (κ3) is 4.31. The van der Waals surface area contributed by atoms with Crippen molar-refractivity contribution in [2.75, 3.05) is 0 Å². The fraction of sp³-hybridized carbons (Fsp3) is 0.611. The first-order valence-electron chi connectivity index (χ1n) is 7.98. The van der Waals surface area contributed by atoms with Crippen molar-refractivity contribution in [1.82, 2.24) is 5.32 Å². The quantitative estimate of drug-likeness (QED) is 0.892. The largest absolute Gasteiger partial charge is 0.349 e. The van der Waals surface area contributed by atoms with Crippen LogP contribution in [0.1, 0.15) is 58.1 Å². The zero-order chi connectivity index (χ0) is 15.5. The molecule has 3 N–H and O–H groups in total. The van der Waals surface area contributed by atoms with Gasteiger partial charge in [0.15, 0.2) is 0 Å². The van der Waals surface area contributed by atoms with Gasteiger partial charge in [-0.1, -0.05) is 57.5 Å². The Kier molecular flexibility index (Phi) is 5.04. The lowest BCUT2D eigenvalue weighted by atomic mass is 9.82. The molecule has 2 rings (SSSR count). The molecule has 1 aromatic carbocycles. The Morgan fingerprint density at radius 2 is 1.95 bits per heavy atom. The van der Waals surface area contributed by atoms with E-state index in [0.717, 1.165) is 24.8 Å². The highest BCUT2D eigenvalue weighted by Gasteiger charge is 2.30. The van der Waals surface area contributed by atoms with Gasteiger partial charge < -0.3 is 11.1 Å². The molecule has 3 nitrogen and oxygen atoms in total. The lowest BCUT2D eigenvalue weighted by molar-refractivity contribution is -0.123. The minimum atomic E-state index is -0.0190. The fourth-order valence-corrected chi connectivity index (χ4v) is 3.22. The first-order chi connectivity index (χ1) is 9.88. The van der Waals surface area contributed by atoms with Crippen molar-refractivity contribution in [3.8, 4) is 0 Å². The van der Waals surface area contributed by atoms with Crippen molar-refractivity contribution in [3.05, 3.63) is 35.9 Å². The van der Waals surface area contributed by atoms with Crippen molar-refractivity contribution >= 4 is 5.91 Å². The van der Waals surface area contributed by atoms with Gasteiger partial charge in [-0.05, 0) is 29.7 Å². The molecule has 1 aliphatic rings. The molecule has 0 radical (unpaired) electrons. The van der Waals surface area contributed by atoms with E-state index in [1.807, 2.05) is 18.2 Å². The molecule has 1 fully saturated rings. The fourth-order valence-electron chi connectivity index (χ4n) is 3.22. The molecule has 3 atom stereocenters. The van der Waals surface area contributed by atoms with E-state index >= 15 is 0 Å². The molecule has 0 spiro atoms. The first kappa shape index (κ1) is 16.0. The van der Waals surface area contributed by atoms with Gasteiger partial charge in [-0.25, -0.2) is 0 Å². The summed E-state index contributed by atoms with van der Waals surface area (Å²) >= 11 is 0. The summed E-state index contributed by atoms with van der Waals surface area (Å²) in [4.78, 5) is 12.4. The van der Waals surface area contributed by atoms with Crippen LogP contribution in [0, 0.1) is 11.3 Å². The maximum absolute atomic E-state index is 12.4. The van der Waals surface area contributed by atoms with E-state index in [0.29, 0.717) is 12.3 Å². The van der Waals surface area contributed by atoms with Gasteiger partial charge in [0.1, 0.15) is 0 Å². The number of nitrogens with two attached hydrogens (primary N) is 1. The van der Waals surface area contributed by atoms with E-state index in [1.54, 1.807) is 0 Å². The molecule has 0 heterocycles. The van der Waals surface area contributed by atoms with Crippen molar-refractivity contribution < 1.29 is 4.79 Å². The van der Waals surface area contributed by atoms with Crippen molar-refractivity contribution in [2.24, 2.45) is 17.1 Å². The molecule has 1 unspecified atom stereocenters. The van der Waals surface area contributed by atoms with E-state index in [9.17, 15) is 4.79 Å². The van der Waals surface area contributed by atoms with E-state index in [-0.39, 0.29) is 23.4 Å². The highest BCUT2D eigenvalue weighted by Crippen LogP contribution is 2.33. The molecule has 0 aromatic heterocycles. The molecule has 0 saturated heterocycles. The molecule has 1 aromatic rings. The molecule has 1 aliphatic carbocycles. The van der Waals surface area contributed by atoms with Crippen LogP contribution in [0.4, 0.5) is 0 Å². The van der Waals surface area contributed by atoms with Gasteiger partial charge in [0, 0.05) is 12.5 Å². The van der Waals surface area contributed by atoms with Crippen LogP contribution < -0.4 is 11.1 Å². The van der Waals surface area contributed by atoms with Gasteiger partial charge in [0.2, 0.25) is 5.91 Å². The third-order valence-corrected chi connectivity index (χ3v) is 4.47. The number of benzene rings is 1. The van der Waals surface area contributed by atoms with Gasteiger partial charge >= 0.3 is 0 Å². The Labute approximate surface area is 128 Å². The van der Waals surface area contributed by atoms with E-state index in [4.69, 9.17) is 5.73 Å². The summed E-state index contributed by atoms with van der Waals surface area (Å²) in [7, 11) is 0. The number of hydrogen-bond acceptors (Lipinski definition) is 2. The van der Waals surface area contributed by atoms with Crippen molar-refractivity contribution in [3.63, 3.8) is 0 Å². The number of nitrogens with one attached hydrogen (secondary N) is 1. The molecule has 0 aliphatic heterocycles. The smallest absolute Gasteiger partial charge is 0.220 e. The van der Waals surface area contributed by atoms with Crippen LogP contribution in [0.5, 0.6) is 0 Å². The van der Waals surface area contributed by atoms with E-state index < -0.39 is 0 Å². The van der Waals surface area contributed by atoms with Gasteiger partial charge in [0.05, 0.1) is 6.04 Å². The zero-order valence-corrected chi connectivity index (χ0v) is 13.4. The molecule has 116 valence electrons. The Bertz CT molecular complexity index is 464. The van der Waals surface area contributed by atoms with Gasteiger partial charge in [0.25, 0.3) is 0 Å². The maximum atomic E-state index is 12.4.